The van der Waals surface area contributed by atoms with E-state index in [0.717, 1.165) is 0 Å². The van der Waals surface area contributed by atoms with Crippen LogP contribution in [0.1, 0.15) is 13.0 Å². The maximum Gasteiger partial charge on any atom is 0.247 e. The highest BCUT2D eigenvalue weighted by Crippen LogP contribution is 2.10. The first kappa shape index (κ1) is 8.93. The second-order valence-corrected chi connectivity index (χ2v) is 3.27. The maximum atomic E-state index is 11.8. The molecule has 0 aliphatic carbocycles. The molecule has 2 rings (SSSR count). The molecule has 5 nitrogen and oxygen atoms in total. The lowest BCUT2D eigenvalue weighted by Crippen LogP contribution is -2.34. The molecule has 0 spiro atoms. The molecule has 0 aromatic carbocycles. The molecule has 2 heterocycles. The molecule has 0 fully saturated rings. The van der Waals surface area contributed by atoms with Crippen LogP contribution >= 0.6 is 0 Å². The van der Waals surface area contributed by atoms with Gasteiger partial charge in [-0.15, -0.1) is 0 Å². The number of amides is 1. The number of carbonyl (C=O) groups is 1. The molecule has 1 aliphatic rings. The molecule has 1 aliphatic heterocycles. The number of carbonyl (C=O) groups excluding carboxylic acids is 1. The van der Waals surface area contributed by atoms with Crippen LogP contribution in [0.15, 0.2) is 24.8 Å². The van der Waals surface area contributed by atoms with Crippen LogP contribution < -0.4 is 0 Å². The van der Waals surface area contributed by atoms with Crippen molar-refractivity contribution in [3.63, 3.8) is 0 Å². The molecular formula is C9H12N4O. The summed E-state index contributed by atoms with van der Waals surface area (Å²) in [5, 5.41) is 3.95. The topological polar surface area (TPSA) is 51.0 Å². The Kier molecular flexibility index (Phi) is 2.30. The van der Waals surface area contributed by atoms with E-state index in [4.69, 9.17) is 0 Å². The zero-order valence-electron chi connectivity index (χ0n) is 8.00. The number of aromatic nitrogens is 3. The first-order valence-corrected chi connectivity index (χ1v) is 4.57. The Bertz CT molecular complexity index is 336. The van der Waals surface area contributed by atoms with Gasteiger partial charge in [-0.2, -0.15) is 5.10 Å². The van der Waals surface area contributed by atoms with Crippen LogP contribution in [-0.4, -0.2) is 38.7 Å². The summed E-state index contributed by atoms with van der Waals surface area (Å²) in [5.74, 6) is 0.0838. The van der Waals surface area contributed by atoms with E-state index in [-0.39, 0.29) is 11.9 Å². The summed E-state index contributed by atoms with van der Waals surface area (Å²) in [6, 6.07) is -0.266. The van der Waals surface area contributed by atoms with Crippen LogP contribution in [0.25, 0.3) is 0 Å². The molecule has 74 valence electrons. The summed E-state index contributed by atoms with van der Waals surface area (Å²) in [6.45, 7) is 3.24. The summed E-state index contributed by atoms with van der Waals surface area (Å²) in [7, 11) is 0. The fourth-order valence-electron chi connectivity index (χ4n) is 1.45. The molecule has 1 aromatic rings. The van der Waals surface area contributed by atoms with Crippen LogP contribution in [0.4, 0.5) is 0 Å². The van der Waals surface area contributed by atoms with Crippen molar-refractivity contribution in [2.24, 2.45) is 0 Å². The molecule has 1 aromatic heterocycles. The van der Waals surface area contributed by atoms with E-state index < -0.39 is 0 Å². The average Bonchev–Trinajstić information content (AvgIpc) is 2.87. The number of hydrogen-bond acceptors (Lipinski definition) is 3. The predicted molar refractivity (Wildman–Crippen MR) is 50.5 cm³/mol. The Morgan fingerprint density at radius 1 is 1.43 bits per heavy atom. The SMILES string of the molecule is CC(C(=O)N1CC=CC1)n1cncn1. The zero-order chi connectivity index (χ0) is 9.97. The Morgan fingerprint density at radius 3 is 2.71 bits per heavy atom. The Hall–Kier alpha value is -1.65. The normalized spacial score (nSPS) is 17.4. The van der Waals surface area contributed by atoms with Gasteiger partial charge in [0.15, 0.2) is 0 Å². The summed E-state index contributed by atoms with van der Waals surface area (Å²) >= 11 is 0. The molecule has 14 heavy (non-hydrogen) atoms. The van der Waals surface area contributed by atoms with E-state index in [1.807, 2.05) is 19.1 Å². The molecule has 0 saturated heterocycles. The minimum absolute atomic E-state index is 0.0838. The van der Waals surface area contributed by atoms with Crippen molar-refractivity contribution >= 4 is 5.91 Å². The fourth-order valence-corrected chi connectivity index (χ4v) is 1.45. The third-order valence-electron chi connectivity index (χ3n) is 2.32. The Morgan fingerprint density at radius 2 is 2.14 bits per heavy atom. The zero-order valence-corrected chi connectivity index (χ0v) is 8.00. The van der Waals surface area contributed by atoms with Crippen molar-refractivity contribution in [3.05, 3.63) is 24.8 Å². The fraction of sp³-hybridized carbons (Fsp3) is 0.444. The predicted octanol–water partition coefficient (Wildman–Crippen LogP) is 0.238. The molecule has 5 heteroatoms. The summed E-state index contributed by atoms with van der Waals surface area (Å²) < 4.78 is 1.57. The molecule has 0 bridgehead atoms. The van der Waals surface area contributed by atoms with E-state index in [9.17, 15) is 4.79 Å². The van der Waals surface area contributed by atoms with Crippen LogP contribution in [0.2, 0.25) is 0 Å². The van der Waals surface area contributed by atoms with Gasteiger partial charge in [0, 0.05) is 13.1 Å². The lowest BCUT2D eigenvalue weighted by molar-refractivity contribution is -0.133. The number of rotatable bonds is 2. The van der Waals surface area contributed by atoms with Crippen molar-refractivity contribution < 1.29 is 4.79 Å². The van der Waals surface area contributed by atoms with Crippen LogP contribution in [0, 0.1) is 0 Å². The van der Waals surface area contributed by atoms with Gasteiger partial charge in [-0.1, -0.05) is 12.2 Å². The van der Waals surface area contributed by atoms with Crippen molar-refractivity contribution in [3.8, 4) is 0 Å². The average molecular weight is 192 g/mol. The Balaban J connectivity index is 2.04. The molecule has 0 N–H and O–H groups in total. The quantitative estimate of drug-likeness (QED) is 0.630. The van der Waals surface area contributed by atoms with E-state index in [0.29, 0.717) is 13.1 Å². The van der Waals surface area contributed by atoms with Gasteiger partial charge in [-0.25, -0.2) is 9.67 Å². The second kappa shape index (κ2) is 3.61. The number of nitrogens with zero attached hydrogens (tertiary/aromatic N) is 4. The summed E-state index contributed by atoms with van der Waals surface area (Å²) in [4.78, 5) is 17.4. The monoisotopic (exact) mass is 192 g/mol. The third-order valence-corrected chi connectivity index (χ3v) is 2.32. The van der Waals surface area contributed by atoms with Crippen molar-refractivity contribution in [1.29, 1.82) is 0 Å². The van der Waals surface area contributed by atoms with Crippen molar-refractivity contribution in [1.82, 2.24) is 19.7 Å². The first-order chi connectivity index (χ1) is 6.79. The Labute approximate surface area is 82.0 Å². The van der Waals surface area contributed by atoms with Gasteiger partial charge in [0.05, 0.1) is 0 Å². The maximum absolute atomic E-state index is 11.8. The van der Waals surface area contributed by atoms with Gasteiger partial charge in [0.2, 0.25) is 5.91 Å². The summed E-state index contributed by atoms with van der Waals surface area (Å²) in [5.41, 5.74) is 0. The van der Waals surface area contributed by atoms with E-state index in [1.165, 1.54) is 6.33 Å². The van der Waals surface area contributed by atoms with Gasteiger partial charge < -0.3 is 4.90 Å². The second-order valence-electron chi connectivity index (χ2n) is 3.27. The van der Waals surface area contributed by atoms with E-state index in [1.54, 1.807) is 15.9 Å². The lowest BCUT2D eigenvalue weighted by atomic mass is 10.3. The van der Waals surface area contributed by atoms with Gasteiger partial charge >= 0.3 is 0 Å². The summed E-state index contributed by atoms with van der Waals surface area (Å²) in [6.07, 6.45) is 6.98. The minimum atomic E-state index is -0.266. The van der Waals surface area contributed by atoms with Gasteiger partial charge in [0.1, 0.15) is 18.7 Å². The largest absolute Gasteiger partial charge is 0.333 e. The molecule has 1 atom stereocenters. The molecule has 0 radical (unpaired) electrons. The van der Waals surface area contributed by atoms with Crippen LogP contribution in [0.3, 0.4) is 0 Å². The first-order valence-electron chi connectivity index (χ1n) is 4.57. The highest BCUT2D eigenvalue weighted by Gasteiger charge is 2.22. The molecule has 0 saturated carbocycles. The molecule has 1 unspecified atom stereocenters. The molecule has 1 amide bonds. The molecular weight excluding hydrogens is 180 g/mol. The van der Waals surface area contributed by atoms with E-state index in [2.05, 4.69) is 10.1 Å². The number of hydrogen-bond donors (Lipinski definition) is 0. The highest BCUT2D eigenvalue weighted by molar-refractivity contribution is 5.80. The minimum Gasteiger partial charge on any atom is -0.333 e. The van der Waals surface area contributed by atoms with Crippen molar-refractivity contribution in [2.75, 3.05) is 13.1 Å². The van der Waals surface area contributed by atoms with Crippen LogP contribution in [0.5, 0.6) is 0 Å². The van der Waals surface area contributed by atoms with Gasteiger partial charge in [0.25, 0.3) is 0 Å². The standard InChI is InChI=1S/C9H12N4O/c1-8(13-7-10-6-11-13)9(14)12-4-2-3-5-12/h2-3,6-8H,4-5H2,1H3. The smallest absolute Gasteiger partial charge is 0.247 e. The van der Waals surface area contributed by atoms with Crippen LogP contribution in [-0.2, 0) is 4.79 Å². The van der Waals surface area contributed by atoms with Crippen molar-refractivity contribution in [2.45, 2.75) is 13.0 Å². The van der Waals surface area contributed by atoms with E-state index >= 15 is 0 Å². The lowest BCUT2D eigenvalue weighted by Gasteiger charge is -2.19. The third kappa shape index (κ3) is 1.53. The van der Waals surface area contributed by atoms with Gasteiger partial charge in [-0.05, 0) is 6.92 Å². The highest BCUT2D eigenvalue weighted by atomic mass is 16.2. The van der Waals surface area contributed by atoms with Gasteiger partial charge in [-0.3, -0.25) is 4.79 Å².